The van der Waals surface area contributed by atoms with Gasteiger partial charge in [-0.1, -0.05) is 13.8 Å². The van der Waals surface area contributed by atoms with Crippen LogP contribution in [-0.2, 0) is 0 Å². The molecule has 1 aromatic rings. The van der Waals surface area contributed by atoms with E-state index in [9.17, 15) is 0 Å². The first-order valence-corrected chi connectivity index (χ1v) is 5.95. The van der Waals surface area contributed by atoms with E-state index in [2.05, 4.69) is 21.5 Å². The van der Waals surface area contributed by atoms with Crippen LogP contribution in [0, 0.1) is 11.3 Å². The average molecular weight is 248 g/mol. The van der Waals surface area contributed by atoms with Crippen molar-refractivity contribution in [2.75, 3.05) is 17.4 Å². The molecule has 18 heavy (non-hydrogen) atoms. The molecule has 0 fully saturated rings. The summed E-state index contributed by atoms with van der Waals surface area (Å²) in [6, 6.07) is 4.03. The van der Waals surface area contributed by atoms with Gasteiger partial charge in [0.25, 0.3) is 0 Å². The fourth-order valence-corrected chi connectivity index (χ4v) is 1.46. The number of aromatic nitrogens is 2. The van der Waals surface area contributed by atoms with Gasteiger partial charge in [0.15, 0.2) is 0 Å². The molecule has 6 nitrogen and oxygen atoms in total. The highest BCUT2D eigenvalue weighted by molar-refractivity contribution is 5.49. The summed E-state index contributed by atoms with van der Waals surface area (Å²) in [7, 11) is 1.91. The van der Waals surface area contributed by atoms with Crippen molar-refractivity contribution in [2.24, 2.45) is 5.84 Å². The van der Waals surface area contributed by atoms with Gasteiger partial charge in [-0.05, 0) is 6.92 Å². The van der Waals surface area contributed by atoms with Gasteiger partial charge in [-0.2, -0.15) is 5.26 Å². The van der Waals surface area contributed by atoms with E-state index in [1.54, 1.807) is 6.07 Å². The molecule has 1 aromatic heterocycles. The van der Waals surface area contributed by atoms with E-state index in [1.807, 2.05) is 32.7 Å². The molecule has 0 aliphatic rings. The highest BCUT2D eigenvalue weighted by atomic mass is 15.3. The molecule has 6 heteroatoms. The second-order valence-electron chi connectivity index (χ2n) is 4.59. The van der Waals surface area contributed by atoms with E-state index in [1.165, 1.54) is 0 Å². The number of nitrogens with one attached hydrogen (secondary N) is 1. The van der Waals surface area contributed by atoms with Gasteiger partial charge in [-0.3, -0.25) is 0 Å². The maximum absolute atomic E-state index is 8.73. The minimum Gasteiger partial charge on any atom is -0.356 e. The lowest BCUT2D eigenvalue weighted by Crippen LogP contribution is -2.30. The molecule has 0 aliphatic heterocycles. The molecule has 3 N–H and O–H groups in total. The van der Waals surface area contributed by atoms with Gasteiger partial charge in [0, 0.05) is 25.1 Å². The zero-order valence-electron chi connectivity index (χ0n) is 11.3. The molecule has 0 saturated heterocycles. The molecule has 1 rings (SSSR count). The van der Waals surface area contributed by atoms with Gasteiger partial charge >= 0.3 is 0 Å². The highest BCUT2D eigenvalue weighted by Crippen LogP contribution is 2.20. The summed E-state index contributed by atoms with van der Waals surface area (Å²) >= 11 is 0. The number of hydrogen-bond acceptors (Lipinski definition) is 6. The Bertz CT molecular complexity index is 437. The topological polar surface area (TPSA) is 90.9 Å². The van der Waals surface area contributed by atoms with Crippen LogP contribution < -0.4 is 16.2 Å². The molecule has 1 atom stereocenters. The molecular weight excluding hydrogens is 228 g/mol. The zero-order chi connectivity index (χ0) is 13.7. The van der Waals surface area contributed by atoms with Crippen molar-refractivity contribution < 1.29 is 0 Å². The molecule has 0 saturated carbocycles. The minimum atomic E-state index is 0.0931. The second-order valence-corrected chi connectivity index (χ2v) is 4.59. The van der Waals surface area contributed by atoms with E-state index in [-0.39, 0.29) is 12.0 Å². The molecular formula is C12H20N6. The van der Waals surface area contributed by atoms with Crippen molar-refractivity contribution >= 4 is 11.6 Å². The van der Waals surface area contributed by atoms with E-state index < -0.39 is 0 Å². The van der Waals surface area contributed by atoms with Crippen molar-refractivity contribution in [3.8, 4) is 6.07 Å². The molecule has 0 aliphatic carbocycles. The molecule has 0 bridgehead atoms. The third-order valence-corrected chi connectivity index (χ3v) is 2.80. The van der Waals surface area contributed by atoms with Gasteiger partial charge in [-0.15, -0.1) is 0 Å². The average Bonchev–Trinajstić information content (AvgIpc) is 2.37. The van der Waals surface area contributed by atoms with Crippen molar-refractivity contribution in [3.63, 3.8) is 0 Å². The number of hydrogen-bond donors (Lipinski definition) is 2. The van der Waals surface area contributed by atoms with Crippen LogP contribution in [-0.4, -0.2) is 23.1 Å². The van der Waals surface area contributed by atoms with Crippen LogP contribution in [0.5, 0.6) is 0 Å². The Morgan fingerprint density at radius 3 is 2.61 bits per heavy atom. The lowest BCUT2D eigenvalue weighted by atomic mass is 10.2. The number of anilines is 2. The third kappa shape index (κ3) is 3.31. The van der Waals surface area contributed by atoms with Gasteiger partial charge in [0.05, 0.1) is 12.5 Å². The summed E-state index contributed by atoms with van der Waals surface area (Å²) in [6.45, 7) is 6.03. The summed E-state index contributed by atoms with van der Waals surface area (Å²) in [5.74, 6) is 7.71. The Labute approximate surface area is 108 Å². The lowest BCUT2D eigenvalue weighted by molar-refractivity contribution is 0.683. The highest BCUT2D eigenvalue weighted by Gasteiger charge is 2.14. The Balaban J connectivity index is 3.08. The number of rotatable bonds is 5. The van der Waals surface area contributed by atoms with Gasteiger partial charge in [0.2, 0.25) is 0 Å². The summed E-state index contributed by atoms with van der Waals surface area (Å²) in [5.41, 5.74) is 2.55. The molecule has 1 unspecified atom stereocenters. The van der Waals surface area contributed by atoms with Crippen molar-refractivity contribution in [3.05, 3.63) is 11.9 Å². The van der Waals surface area contributed by atoms with Gasteiger partial charge in [-0.25, -0.2) is 15.8 Å². The Kier molecular flexibility index (Phi) is 4.86. The number of nitrogens with two attached hydrogens (primary N) is 1. The summed E-state index contributed by atoms with van der Waals surface area (Å²) in [4.78, 5) is 10.8. The van der Waals surface area contributed by atoms with Gasteiger partial charge in [0.1, 0.15) is 17.5 Å². The predicted octanol–water partition coefficient (Wildman–Crippen LogP) is 1.62. The number of nitrogens with zero attached hydrogens (tertiary/aromatic N) is 4. The van der Waals surface area contributed by atoms with Crippen molar-refractivity contribution in [1.82, 2.24) is 9.97 Å². The van der Waals surface area contributed by atoms with E-state index in [0.717, 1.165) is 11.6 Å². The van der Waals surface area contributed by atoms with Crippen LogP contribution in [0.4, 0.5) is 11.6 Å². The molecule has 0 aromatic carbocycles. The molecule has 0 amide bonds. The number of nitriles is 1. The molecule has 0 spiro atoms. The largest absolute Gasteiger partial charge is 0.356 e. The lowest BCUT2D eigenvalue weighted by Gasteiger charge is -2.25. The van der Waals surface area contributed by atoms with Crippen LogP contribution in [0.25, 0.3) is 0 Å². The molecule has 1 heterocycles. The van der Waals surface area contributed by atoms with Crippen LogP contribution in [0.15, 0.2) is 6.07 Å². The molecule has 98 valence electrons. The number of nitrogen functional groups attached to an aromatic ring is 1. The van der Waals surface area contributed by atoms with Crippen LogP contribution in [0.1, 0.15) is 38.9 Å². The maximum atomic E-state index is 8.73. The van der Waals surface area contributed by atoms with Gasteiger partial charge < -0.3 is 10.3 Å². The maximum Gasteiger partial charge on any atom is 0.145 e. The quantitative estimate of drug-likeness (QED) is 0.608. The first-order chi connectivity index (χ1) is 8.49. The van der Waals surface area contributed by atoms with Crippen LogP contribution in [0.2, 0.25) is 0 Å². The minimum absolute atomic E-state index is 0.0931. The second kappa shape index (κ2) is 6.17. The van der Waals surface area contributed by atoms with Crippen LogP contribution >= 0.6 is 0 Å². The van der Waals surface area contributed by atoms with Crippen molar-refractivity contribution in [2.45, 2.75) is 39.2 Å². The predicted molar refractivity (Wildman–Crippen MR) is 72.0 cm³/mol. The number of hydrazine groups is 1. The standard InChI is InChI=1S/C12H20N6/c1-8(2)12-15-10(17-14)7-11(16-12)18(4)9(3)5-6-13/h7-9H,5,14H2,1-4H3,(H,15,16,17). The monoisotopic (exact) mass is 248 g/mol. The fourth-order valence-electron chi connectivity index (χ4n) is 1.46. The third-order valence-electron chi connectivity index (χ3n) is 2.80. The SMILES string of the molecule is CC(C)c1nc(NN)cc(N(C)C(C)CC#N)n1. The molecule has 0 radical (unpaired) electrons. The summed E-state index contributed by atoms with van der Waals surface area (Å²) < 4.78 is 0. The first kappa shape index (κ1) is 14.2. The van der Waals surface area contributed by atoms with E-state index in [0.29, 0.717) is 12.2 Å². The van der Waals surface area contributed by atoms with E-state index >= 15 is 0 Å². The van der Waals surface area contributed by atoms with Crippen LogP contribution in [0.3, 0.4) is 0 Å². The first-order valence-electron chi connectivity index (χ1n) is 5.95. The Morgan fingerprint density at radius 2 is 2.11 bits per heavy atom. The fraction of sp³-hybridized carbons (Fsp3) is 0.583. The summed E-state index contributed by atoms with van der Waals surface area (Å²) in [6.07, 6.45) is 0.447. The normalized spacial score (nSPS) is 12.1. The Hall–Kier alpha value is -1.87. The zero-order valence-corrected chi connectivity index (χ0v) is 11.3. The summed E-state index contributed by atoms with van der Waals surface area (Å²) in [5, 5.41) is 8.73. The van der Waals surface area contributed by atoms with Crippen molar-refractivity contribution in [1.29, 1.82) is 5.26 Å². The Morgan fingerprint density at radius 1 is 1.44 bits per heavy atom. The smallest absolute Gasteiger partial charge is 0.145 e. The van der Waals surface area contributed by atoms with E-state index in [4.69, 9.17) is 11.1 Å².